The standard InChI is InChI=1S/C31H32BrN3O4S/c1-4-38-27-18-23(17-26(32)29(27)39-20-22-7-5-6-21(2)16-22)19-28-30(36)34(3)31(40-28)33-24-8-10-25(11-9-24)35-12-14-37-15-13-35/h5-11,16-19H,4,12-15,20H2,1-3H3/b28-19-,33-31?. The summed E-state index contributed by atoms with van der Waals surface area (Å²) >= 11 is 5.01. The Morgan fingerprint density at radius 1 is 1.07 bits per heavy atom. The lowest BCUT2D eigenvalue weighted by molar-refractivity contribution is -0.121. The number of rotatable bonds is 8. The molecule has 5 rings (SSSR count). The van der Waals surface area contributed by atoms with Gasteiger partial charge in [0.25, 0.3) is 5.91 Å². The number of carbonyl (C=O) groups excluding carboxylic acids is 1. The second-order valence-corrected chi connectivity index (χ2v) is 11.4. The number of ether oxygens (including phenoxy) is 3. The molecule has 40 heavy (non-hydrogen) atoms. The Morgan fingerprint density at radius 2 is 1.85 bits per heavy atom. The molecular weight excluding hydrogens is 590 g/mol. The van der Waals surface area contributed by atoms with Crippen LogP contribution in [0, 0.1) is 6.92 Å². The minimum atomic E-state index is -0.0949. The van der Waals surface area contributed by atoms with Gasteiger partial charge in [-0.3, -0.25) is 9.69 Å². The maximum absolute atomic E-state index is 13.1. The predicted molar refractivity (Wildman–Crippen MR) is 166 cm³/mol. The van der Waals surface area contributed by atoms with E-state index in [9.17, 15) is 4.79 Å². The number of anilines is 1. The van der Waals surface area contributed by atoms with Crippen LogP contribution < -0.4 is 14.4 Å². The van der Waals surface area contributed by atoms with Crippen LogP contribution in [0.25, 0.3) is 6.08 Å². The molecule has 0 bridgehead atoms. The van der Waals surface area contributed by atoms with E-state index in [1.807, 2.05) is 49.4 Å². The van der Waals surface area contributed by atoms with E-state index >= 15 is 0 Å². The quantitative estimate of drug-likeness (QED) is 0.258. The number of aryl methyl sites for hydroxylation is 1. The normalized spacial score (nSPS) is 17.6. The molecule has 2 heterocycles. The Labute approximate surface area is 247 Å². The van der Waals surface area contributed by atoms with Gasteiger partial charge in [-0.05, 0) is 95.1 Å². The Hall–Kier alpha value is -3.27. The van der Waals surface area contributed by atoms with Crippen molar-refractivity contribution in [2.75, 3.05) is 44.9 Å². The predicted octanol–water partition coefficient (Wildman–Crippen LogP) is 6.81. The first-order chi connectivity index (χ1) is 19.4. The Kier molecular flexibility index (Phi) is 9.14. The van der Waals surface area contributed by atoms with Gasteiger partial charge in [-0.1, -0.05) is 29.8 Å². The fourth-order valence-corrected chi connectivity index (χ4v) is 6.07. The summed E-state index contributed by atoms with van der Waals surface area (Å²) in [4.78, 5) is 22.3. The lowest BCUT2D eigenvalue weighted by atomic mass is 10.1. The Morgan fingerprint density at radius 3 is 2.58 bits per heavy atom. The molecule has 0 saturated carbocycles. The molecule has 0 aliphatic carbocycles. The molecule has 0 unspecified atom stereocenters. The summed E-state index contributed by atoms with van der Waals surface area (Å²) in [5.41, 5.74) is 5.05. The number of carbonyl (C=O) groups is 1. The van der Waals surface area contributed by atoms with Gasteiger partial charge in [0.05, 0.1) is 34.9 Å². The first kappa shape index (κ1) is 28.3. The molecule has 3 aromatic rings. The summed E-state index contributed by atoms with van der Waals surface area (Å²) in [7, 11) is 1.75. The number of benzene rings is 3. The van der Waals surface area contributed by atoms with Crippen molar-refractivity contribution in [1.29, 1.82) is 0 Å². The number of hydrogen-bond donors (Lipinski definition) is 0. The van der Waals surface area contributed by atoms with Crippen LogP contribution in [-0.2, 0) is 16.1 Å². The fourth-order valence-electron chi connectivity index (χ4n) is 4.50. The molecule has 2 aliphatic rings. The molecule has 0 aromatic heterocycles. The maximum atomic E-state index is 13.1. The summed E-state index contributed by atoms with van der Waals surface area (Å²) < 4.78 is 18.3. The molecule has 0 radical (unpaired) electrons. The molecule has 0 spiro atoms. The maximum Gasteiger partial charge on any atom is 0.266 e. The smallest absolute Gasteiger partial charge is 0.266 e. The summed E-state index contributed by atoms with van der Waals surface area (Å²) in [5.74, 6) is 1.16. The van der Waals surface area contributed by atoms with Crippen LogP contribution in [-0.4, -0.2) is 55.9 Å². The van der Waals surface area contributed by atoms with Crippen LogP contribution >= 0.6 is 27.7 Å². The third-order valence-electron chi connectivity index (χ3n) is 6.55. The molecule has 0 N–H and O–H groups in total. The highest BCUT2D eigenvalue weighted by molar-refractivity contribution is 9.10. The van der Waals surface area contributed by atoms with Crippen LogP contribution in [0.2, 0.25) is 0 Å². The van der Waals surface area contributed by atoms with Gasteiger partial charge >= 0.3 is 0 Å². The van der Waals surface area contributed by atoms with E-state index in [2.05, 4.69) is 52.0 Å². The fraction of sp³-hybridized carbons (Fsp3) is 0.290. The zero-order valence-electron chi connectivity index (χ0n) is 22.9. The van der Waals surface area contributed by atoms with Crippen LogP contribution in [0.5, 0.6) is 11.5 Å². The molecular formula is C31H32BrN3O4S. The molecule has 1 amide bonds. The number of likely N-dealkylation sites (N-methyl/N-ethyl adjacent to an activating group) is 1. The van der Waals surface area contributed by atoms with Crippen molar-refractivity contribution in [3.63, 3.8) is 0 Å². The van der Waals surface area contributed by atoms with Crippen LogP contribution in [0.3, 0.4) is 0 Å². The van der Waals surface area contributed by atoms with Crippen molar-refractivity contribution >= 4 is 56.2 Å². The highest BCUT2D eigenvalue weighted by Crippen LogP contribution is 2.40. The number of amides is 1. The van der Waals surface area contributed by atoms with Crippen molar-refractivity contribution in [3.05, 3.63) is 86.7 Å². The van der Waals surface area contributed by atoms with Crippen molar-refractivity contribution in [3.8, 4) is 11.5 Å². The largest absolute Gasteiger partial charge is 0.490 e. The van der Waals surface area contributed by atoms with Crippen LogP contribution in [0.4, 0.5) is 11.4 Å². The zero-order chi connectivity index (χ0) is 28.1. The minimum absolute atomic E-state index is 0.0949. The van der Waals surface area contributed by atoms with Crippen molar-refractivity contribution in [1.82, 2.24) is 4.90 Å². The van der Waals surface area contributed by atoms with Gasteiger partial charge in [0.15, 0.2) is 16.7 Å². The second kappa shape index (κ2) is 12.9. The molecule has 2 aliphatic heterocycles. The van der Waals surface area contributed by atoms with Gasteiger partial charge in [0.2, 0.25) is 0 Å². The van der Waals surface area contributed by atoms with Crippen molar-refractivity contribution in [2.24, 2.45) is 4.99 Å². The summed E-state index contributed by atoms with van der Waals surface area (Å²) in [5, 5.41) is 0.637. The SMILES string of the molecule is CCOc1cc(/C=C2\SC(=Nc3ccc(N4CCOCC4)cc3)N(C)C2=O)cc(Br)c1OCc1cccc(C)c1. The van der Waals surface area contributed by atoms with E-state index in [1.165, 1.54) is 17.3 Å². The number of morpholine rings is 1. The number of nitrogens with zero attached hydrogens (tertiary/aromatic N) is 3. The number of amidine groups is 1. The van der Waals surface area contributed by atoms with E-state index in [0.717, 1.165) is 53.3 Å². The second-order valence-electron chi connectivity index (χ2n) is 9.53. The molecule has 9 heteroatoms. The molecule has 3 aromatic carbocycles. The third kappa shape index (κ3) is 6.71. The summed E-state index contributed by atoms with van der Waals surface area (Å²) in [6.07, 6.45) is 1.87. The number of aliphatic imine (C=N–C) groups is 1. The van der Waals surface area contributed by atoms with E-state index in [-0.39, 0.29) is 5.91 Å². The molecule has 0 atom stereocenters. The summed E-state index contributed by atoms with van der Waals surface area (Å²) in [6, 6.07) is 20.2. The lowest BCUT2D eigenvalue weighted by Gasteiger charge is -2.28. The summed E-state index contributed by atoms with van der Waals surface area (Å²) in [6.45, 7) is 8.17. The van der Waals surface area contributed by atoms with Crippen molar-refractivity contribution < 1.29 is 19.0 Å². The van der Waals surface area contributed by atoms with Gasteiger partial charge in [0.1, 0.15) is 6.61 Å². The third-order valence-corrected chi connectivity index (χ3v) is 8.20. The van der Waals surface area contributed by atoms with Gasteiger partial charge in [-0.25, -0.2) is 4.99 Å². The van der Waals surface area contributed by atoms with Gasteiger partial charge in [-0.2, -0.15) is 0 Å². The highest BCUT2D eigenvalue weighted by atomic mass is 79.9. The molecule has 7 nitrogen and oxygen atoms in total. The van der Waals surface area contributed by atoms with Crippen molar-refractivity contribution in [2.45, 2.75) is 20.5 Å². The average molecular weight is 623 g/mol. The zero-order valence-corrected chi connectivity index (χ0v) is 25.3. The first-order valence-electron chi connectivity index (χ1n) is 13.2. The Bertz CT molecular complexity index is 1430. The van der Waals surface area contributed by atoms with E-state index in [4.69, 9.17) is 19.2 Å². The van der Waals surface area contributed by atoms with Gasteiger partial charge in [0, 0.05) is 25.8 Å². The highest BCUT2D eigenvalue weighted by Gasteiger charge is 2.30. The first-order valence-corrected chi connectivity index (χ1v) is 14.9. The topological polar surface area (TPSA) is 63.6 Å². The minimum Gasteiger partial charge on any atom is -0.490 e. The van der Waals surface area contributed by atoms with E-state index in [1.54, 1.807) is 11.9 Å². The average Bonchev–Trinajstić information content (AvgIpc) is 3.21. The molecule has 2 saturated heterocycles. The van der Waals surface area contributed by atoms with Gasteiger partial charge < -0.3 is 19.1 Å². The Balaban J connectivity index is 1.33. The van der Waals surface area contributed by atoms with E-state index < -0.39 is 0 Å². The van der Waals surface area contributed by atoms with Crippen LogP contribution in [0.1, 0.15) is 23.6 Å². The monoisotopic (exact) mass is 621 g/mol. The van der Waals surface area contributed by atoms with Gasteiger partial charge in [-0.15, -0.1) is 0 Å². The molecule has 2 fully saturated rings. The number of halogens is 1. The molecule has 208 valence electrons. The number of thioether (sulfide) groups is 1. The number of hydrogen-bond acceptors (Lipinski definition) is 7. The van der Waals surface area contributed by atoms with E-state index in [0.29, 0.717) is 34.8 Å². The lowest BCUT2D eigenvalue weighted by Crippen LogP contribution is -2.36. The van der Waals surface area contributed by atoms with Crippen LogP contribution in [0.15, 0.2) is 75.0 Å².